The van der Waals surface area contributed by atoms with Gasteiger partial charge in [-0.1, -0.05) is 11.6 Å². The van der Waals surface area contributed by atoms with Gasteiger partial charge in [-0.3, -0.25) is 5.01 Å². The highest BCUT2D eigenvalue weighted by molar-refractivity contribution is 6.32. The van der Waals surface area contributed by atoms with E-state index < -0.39 is 17.5 Å². The van der Waals surface area contributed by atoms with Gasteiger partial charge < -0.3 is 10.4 Å². The van der Waals surface area contributed by atoms with Crippen molar-refractivity contribution in [1.29, 1.82) is 0 Å². The van der Waals surface area contributed by atoms with Crippen molar-refractivity contribution in [3.63, 3.8) is 0 Å². The molecule has 92 valence electrons. The molecule has 1 aromatic carbocycles. The monoisotopic (exact) mass is 259 g/mol. The molecule has 5 nitrogen and oxygen atoms in total. The second-order valence-corrected chi connectivity index (χ2v) is 4.62. The van der Waals surface area contributed by atoms with E-state index in [1.807, 2.05) is 0 Å². The topological polar surface area (TPSA) is 64.6 Å². The van der Waals surface area contributed by atoms with E-state index in [2.05, 4.69) is 10.7 Å². The van der Waals surface area contributed by atoms with Crippen molar-refractivity contribution >= 4 is 23.3 Å². The van der Waals surface area contributed by atoms with Crippen molar-refractivity contribution in [2.45, 2.75) is 19.5 Å². The summed E-state index contributed by atoms with van der Waals surface area (Å²) >= 11 is 5.58. The lowest BCUT2D eigenvalue weighted by molar-refractivity contribution is 0.246. The molecule has 1 heterocycles. The Labute approximate surface area is 102 Å². The molecule has 0 saturated carbocycles. The van der Waals surface area contributed by atoms with E-state index in [9.17, 15) is 14.3 Å². The van der Waals surface area contributed by atoms with Crippen LogP contribution in [0.2, 0.25) is 5.02 Å². The van der Waals surface area contributed by atoms with Crippen molar-refractivity contribution in [3.8, 4) is 5.75 Å². The van der Waals surface area contributed by atoms with Gasteiger partial charge in [-0.15, -0.1) is 0 Å². The van der Waals surface area contributed by atoms with Gasteiger partial charge in [-0.25, -0.2) is 14.6 Å². The van der Waals surface area contributed by atoms with Crippen LogP contribution in [-0.4, -0.2) is 16.8 Å². The first-order chi connectivity index (χ1) is 7.81. The number of nitrogens with zero attached hydrogens (tertiary/aromatic N) is 1. The first kappa shape index (κ1) is 11.8. The molecule has 0 aromatic heterocycles. The molecule has 3 N–H and O–H groups in total. The van der Waals surface area contributed by atoms with Gasteiger partial charge in [0.05, 0.1) is 10.7 Å². The number of anilines is 1. The molecular weight excluding hydrogens is 249 g/mol. The summed E-state index contributed by atoms with van der Waals surface area (Å²) in [6.07, 6.45) is 0. The molecule has 0 bridgehead atoms. The molecule has 1 aromatic rings. The Bertz CT molecular complexity index is 493. The molecule has 1 fully saturated rings. The second-order valence-electron chi connectivity index (χ2n) is 4.22. The number of rotatable bonds is 1. The first-order valence-electron chi connectivity index (χ1n) is 4.88. The lowest BCUT2D eigenvalue weighted by Crippen LogP contribution is -2.49. The Hall–Kier alpha value is -1.69. The number of hydrazine groups is 1. The molecule has 0 spiro atoms. The van der Waals surface area contributed by atoms with E-state index in [-0.39, 0.29) is 16.5 Å². The minimum atomic E-state index is -0.807. The molecular formula is C10H11ClFN3O2. The summed E-state index contributed by atoms with van der Waals surface area (Å²) < 4.78 is 13.7. The summed E-state index contributed by atoms with van der Waals surface area (Å²) in [6, 6.07) is 1.71. The smallest absolute Gasteiger partial charge is 0.335 e. The SMILES string of the molecule is CC1(C)NC(=O)NN1c1cc(O)c(Cl)cc1F. The largest absolute Gasteiger partial charge is 0.506 e. The average Bonchev–Trinajstić information content (AvgIpc) is 2.45. The number of urea groups is 1. The van der Waals surface area contributed by atoms with Gasteiger partial charge in [0.15, 0.2) is 0 Å². The number of carbonyl (C=O) groups is 1. The zero-order valence-corrected chi connectivity index (χ0v) is 9.97. The summed E-state index contributed by atoms with van der Waals surface area (Å²) in [4.78, 5) is 11.2. The summed E-state index contributed by atoms with van der Waals surface area (Å²) in [5.74, 6) is -0.884. The first-order valence-corrected chi connectivity index (χ1v) is 5.26. The lowest BCUT2D eigenvalue weighted by atomic mass is 10.2. The molecule has 1 saturated heterocycles. The third-order valence-corrected chi connectivity index (χ3v) is 2.75. The van der Waals surface area contributed by atoms with Crippen LogP contribution in [0.25, 0.3) is 0 Å². The summed E-state index contributed by atoms with van der Waals surface area (Å²) in [5.41, 5.74) is 1.67. The fourth-order valence-electron chi connectivity index (χ4n) is 1.66. The lowest BCUT2D eigenvalue weighted by Gasteiger charge is -2.31. The average molecular weight is 260 g/mol. The third kappa shape index (κ3) is 1.95. The summed E-state index contributed by atoms with van der Waals surface area (Å²) in [7, 11) is 0. The van der Waals surface area contributed by atoms with E-state index in [1.54, 1.807) is 13.8 Å². The van der Waals surface area contributed by atoms with Crippen molar-refractivity contribution in [1.82, 2.24) is 10.7 Å². The van der Waals surface area contributed by atoms with Crippen LogP contribution < -0.4 is 15.8 Å². The van der Waals surface area contributed by atoms with Gasteiger partial charge >= 0.3 is 6.03 Å². The number of benzene rings is 1. The fraction of sp³-hybridized carbons (Fsp3) is 0.300. The van der Waals surface area contributed by atoms with Gasteiger partial charge in [0, 0.05) is 6.07 Å². The summed E-state index contributed by atoms with van der Waals surface area (Å²) in [5, 5.41) is 13.3. The minimum Gasteiger partial charge on any atom is -0.506 e. The molecule has 2 amide bonds. The molecule has 17 heavy (non-hydrogen) atoms. The second kappa shape index (κ2) is 3.66. The van der Waals surface area contributed by atoms with Gasteiger partial charge in [-0.2, -0.15) is 0 Å². The molecule has 0 radical (unpaired) electrons. The Morgan fingerprint density at radius 3 is 2.65 bits per heavy atom. The summed E-state index contributed by atoms with van der Waals surface area (Å²) in [6.45, 7) is 3.38. The third-order valence-electron chi connectivity index (χ3n) is 2.45. The molecule has 1 aliphatic heterocycles. The molecule has 0 atom stereocenters. The highest BCUT2D eigenvalue weighted by Gasteiger charge is 2.38. The standard InChI is InChI=1S/C10H11ClFN3O2/c1-10(2)13-9(17)14-15(10)7-4-8(16)5(11)3-6(7)12/h3-4,16H,1-2H3,(H2,13,14,17). The normalized spacial score (nSPS) is 17.9. The quantitative estimate of drug-likeness (QED) is 0.722. The van der Waals surface area contributed by atoms with Crippen molar-refractivity contribution in [3.05, 3.63) is 23.0 Å². The number of aromatic hydroxyl groups is 1. The van der Waals surface area contributed by atoms with Gasteiger partial charge in [0.2, 0.25) is 0 Å². The number of nitrogens with one attached hydrogen (secondary N) is 2. The Kier molecular flexibility index (Phi) is 2.54. The Balaban J connectivity index is 2.47. The zero-order chi connectivity index (χ0) is 12.8. The van der Waals surface area contributed by atoms with Crippen LogP contribution in [0.4, 0.5) is 14.9 Å². The number of phenols is 1. The van der Waals surface area contributed by atoms with Crippen LogP contribution in [0.1, 0.15) is 13.8 Å². The van der Waals surface area contributed by atoms with E-state index in [4.69, 9.17) is 11.6 Å². The van der Waals surface area contributed by atoms with Crippen LogP contribution in [-0.2, 0) is 0 Å². The molecule has 0 aliphatic carbocycles. The Morgan fingerprint density at radius 1 is 1.47 bits per heavy atom. The van der Waals surface area contributed by atoms with Crippen LogP contribution in [0, 0.1) is 5.82 Å². The van der Waals surface area contributed by atoms with Crippen molar-refractivity contribution < 1.29 is 14.3 Å². The molecule has 2 rings (SSSR count). The van der Waals surface area contributed by atoms with Crippen LogP contribution >= 0.6 is 11.6 Å². The molecule has 7 heteroatoms. The van der Waals surface area contributed by atoms with Crippen LogP contribution in [0.3, 0.4) is 0 Å². The van der Waals surface area contributed by atoms with E-state index in [1.165, 1.54) is 5.01 Å². The predicted molar refractivity (Wildman–Crippen MR) is 61.3 cm³/mol. The number of hydrogen-bond donors (Lipinski definition) is 3. The van der Waals surface area contributed by atoms with Crippen molar-refractivity contribution in [2.24, 2.45) is 0 Å². The predicted octanol–water partition coefficient (Wildman–Crippen LogP) is 1.95. The highest BCUT2D eigenvalue weighted by atomic mass is 35.5. The maximum absolute atomic E-state index is 13.7. The highest BCUT2D eigenvalue weighted by Crippen LogP contribution is 2.33. The minimum absolute atomic E-state index is 0.0373. The number of amides is 2. The molecule has 0 unspecified atom stereocenters. The van der Waals surface area contributed by atoms with E-state index >= 15 is 0 Å². The number of phenolic OH excluding ortho intramolecular Hbond substituents is 1. The number of halogens is 2. The number of carbonyl (C=O) groups excluding carboxylic acids is 1. The number of hydrogen-bond acceptors (Lipinski definition) is 3. The van der Waals surface area contributed by atoms with E-state index in [0.29, 0.717) is 0 Å². The van der Waals surface area contributed by atoms with Gasteiger partial charge in [0.25, 0.3) is 0 Å². The zero-order valence-electron chi connectivity index (χ0n) is 9.21. The van der Waals surface area contributed by atoms with E-state index in [0.717, 1.165) is 12.1 Å². The Morgan fingerprint density at radius 2 is 2.12 bits per heavy atom. The van der Waals surface area contributed by atoms with Gasteiger partial charge in [-0.05, 0) is 19.9 Å². The van der Waals surface area contributed by atoms with Crippen molar-refractivity contribution in [2.75, 3.05) is 5.01 Å². The fourth-order valence-corrected chi connectivity index (χ4v) is 1.81. The maximum atomic E-state index is 13.7. The van der Waals surface area contributed by atoms with Crippen LogP contribution in [0.15, 0.2) is 12.1 Å². The molecule has 1 aliphatic rings. The van der Waals surface area contributed by atoms with Gasteiger partial charge in [0.1, 0.15) is 17.2 Å². The maximum Gasteiger partial charge on any atom is 0.335 e. The van der Waals surface area contributed by atoms with Crippen LogP contribution in [0.5, 0.6) is 5.75 Å².